The fourth-order valence-corrected chi connectivity index (χ4v) is 1.22. The third kappa shape index (κ3) is 2.14. The van der Waals surface area contributed by atoms with Gasteiger partial charge in [-0.15, -0.1) is 0 Å². The molecule has 0 atom stereocenters. The molecule has 0 unspecified atom stereocenters. The molecule has 2 rings (SSSR count). The molecule has 0 spiro atoms. The predicted molar refractivity (Wildman–Crippen MR) is 57.4 cm³/mol. The van der Waals surface area contributed by atoms with Crippen LogP contribution in [0.1, 0.15) is 0 Å². The van der Waals surface area contributed by atoms with Gasteiger partial charge in [-0.25, -0.2) is 14.8 Å². The van der Waals surface area contributed by atoms with Crippen LogP contribution in [-0.2, 0) is 7.05 Å². The summed E-state index contributed by atoms with van der Waals surface area (Å²) in [6.07, 6.45) is 6.74. The summed E-state index contributed by atoms with van der Waals surface area (Å²) in [6, 6.07) is -0.686. The number of carbonyl (C=O) groups excluding carboxylic acids is 1. The first-order valence-electron chi connectivity index (χ1n) is 4.52. The standard InChI is InChI=1S/C9H10N6O/c1-15-5-7(4-13-15)6-2-11-9(12-3-6)14-8(10)16/h2-5H,1H3,(H3,10,11,12,14,16). The van der Waals surface area contributed by atoms with Crippen molar-refractivity contribution < 1.29 is 4.79 Å². The molecule has 2 aromatic rings. The number of hydrogen-bond acceptors (Lipinski definition) is 4. The van der Waals surface area contributed by atoms with Crippen LogP contribution in [0.4, 0.5) is 10.7 Å². The molecule has 2 aromatic heterocycles. The number of nitrogens with one attached hydrogen (secondary N) is 1. The number of nitrogens with zero attached hydrogens (tertiary/aromatic N) is 4. The molecule has 0 bridgehead atoms. The van der Waals surface area contributed by atoms with Gasteiger partial charge in [0, 0.05) is 36.8 Å². The molecule has 7 nitrogen and oxygen atoms in total. The van der Waals surface area contributed by atoms with Gasteiger partial charge in [-0.1, -0.05) is 0 Å². The van der Waals surface area contributed by atoms with E-state index in [1.165, 1.54) is 0 Å². The summed E-state index contributed by atoms with van der Waals surface area (Å²) in [4.78, 5) is 18.4. The molecule has 0 aliphatic rings. The highest BCUT2D eigenvalue weighted by molar-refractivity contribution is 5.85. The monoisotopic (exact) mass is 218 g/mol. The van der Waals surface area contributed by atoms with E-state index in [4.69, 9.17) is 5.73 Å². The van der Waals surface area contributed by atoms with E-state index < -0.39 is 6.03 Å². The number of hydrogen-bond donors (Lipinski definition) is 2. The van der Waals surface area contributed by atoms with Crippen molar-refractivity contribution in [2.45, 2.75) is 0 Å². The molecule has 0 aliphatic carbocycles. The summed E-state index contributed by atoms with van der Waals surface area (Å²) in [7, 11) is 1.83. The zero-order chi connectivity index (χ0) is 11.5. The Morgan fingerprint density at radius 1 is 1.31 bits per heavy atom. The number of aryl methyl sites for hydroxylation is 1. The molecular weight excluding hydrogens is 208 g/mol. The lowest BCUT2D eigenvalue weighted by Gasteiger charge is -2.00. The highest BCUT2D eigenvalue weighted by atomic mass is 16.2. The second-order valence-electron chi connectivity index (χ2n) is 3.19. The Balaban J connectivity index is 2.22. The van der Waals surface area contributed by atoms with E-state index in [1.807, 2.05) is 13.2 Å². The van der Waals surface area contributed by atoms with Crippen LogP contribution in [0, 0.1) is 0 Å². The Bertz CT molecular complexity index is 503. The third-order valence-electron chi connectivity index (χ3n) is 1.93. The van der Waals surface area contributed by atoms with E-state index in [0.717, 1.165) is 11.1 Å². The van der Waals surface area contributed by atoms with Crippen molar-refractivity contribution in [3.63, 3.8) is 0 Å². The Morgan fingerprint density at radius 3 is 2.50 bits per heavy atom. The second kappa shape index (κ2) is 3.97. The molecule has 0 aromatic carbocycles. The average Bonchev–Trinajstić information content (AvgIpc) is 2.65. The number of amides is 2. The number of urea groups is 1. The number of aromatic nitrogens is 4. The van der Waals surface area contributed by atoms with Crippen molar-refractivity contribution >= 4 is 12.0 Å². The van der Waals surface area contributed by atoms with Crippen LogP contribution in [0.2, 0.25) is 0 Å². The minimum Gasteiger partial charge on any atom is -0.351 e. The lowest BCUT2D eigenvalue weighted by atomic mass is 10.2. The fourth-order valence-electron chi connectivity index (χ4n) is 1.22. The van der Waals surface area contributed by atoms with Crippen molar-refractivity contribution in [1.29, 1.82) is 0 Å². The Hall–Kier alpha value is -2.44. The van der Waals surface area contributed by atoms with Crippen LogP contribution >= 0.6 is 0 Å². The molecule has 0 radical (unpaired) electrons. The molecule has 2 amide bonds. The highest BCUT2D eigenvalue weighted by Gasteiger charge is 2.03. The van der Waals surface area contributed by atoms with Gasteiger partial charge in [-0.2, -0.15) is 5.10 Å². The maximum atomic E-state index is 10.5. The fraction of sp³-hybridized carbons (Fsp3) is 0.111. The van der Waals surface area contributed by atoms with Gasteiger partial charge in [0.05, 0.1) is 6.20 Å². The molecule has 0 fully saturated rings. The molecule has 2 heterocycles. The van der Waals surface area contributed by atoms with Crippen LogP contribution in [-0.4, -0.2) is 25.8 Å². The van der Waals surface area contributed by atoms with Gasteiger partial charge in [0.2, 0.25) is 5.95 Å². The summed E-state index contributed by atoms with van der Waals surface area (Å²) in [5.41, 5.74) is 6.67. The summed E-state index contributed by atoms with van der Waals surface area (Å²) < 4.78 is 1.69. The molecule has 0 saturated heterocycles. The van der Waals surface area contributed by atoms with E-state index in [2.05, 4.69) is 20.4 Å². The molecule has 0 saturated carbocycles. The van der Waals surface area contributed by atoms with Gasteiger partial charge < -0.3 is 5.73 Å². The third-order valence-corrected chi connectivity index (χ3v) is 1.93. The van der Waals surface area contributed by atoms with E-state index in [1.54, 1.807) is 23.3 Å². The lowest BCUT2D eigenvalue weighted by molar-refractivity contribution is 0.259. The topological polar surface area (TPSA) is 98.7 Å². The van der Waals surface area contributed by atoms with Crippen molar-refractivity contribution in [2.75, 3.05) is 5.32 Å². The van der Waals surface area contributed by atoms with E-state index in [9.17, 15) is 4.79 Å². The van der Waals surface area contributed by atoms with Crippen molar-refractivity contribution in [3.05, 3.63) is 24.8 Å². The summed E-state index contributed by atoms with van der Waals surface area (Å²) in [6.45, 7) is 0. The van der Waals surface area contributed by atoms with Gasteiger partial charge >= 0.3 is 6.03 Å². The second-order valence-corrected chi connectivity index (χ2v) is 3.19. The molecule has 16 heavy (non-hydrogen) atoms. The molecule has 7 heteroatoms. The van der Waals surface area contributed by atoms with Crippen molar-refractivity contribution in [1.82, 2.24) is 19.7 Å². The van der Waals surface area contributed by atoms with Crippen LogP contribution in [0.25, 0.3) is 11.1 Å². The molecule has 3 N–H and O–H groups in total. The van der Waals surface area contributed by atoms with Gasteiger partial charge in [0.15, 0.2) is 0 Å². The Labute approximate surface area is 91.3 Å². The summed E-state index contributed by atoms with van der Waals surface area (Å²) >= 11 is 0. The maximum absolute atomic E-state index is 10.5. The normalized spacial score (nSPS) is 10.1. The predicted octanol–water partition coefficient (Wildman–Crippen LogP) is 0.368. The number of primary amides is 1. The average molecular weight is 218 g/mol. The van der Waals surface area contributed by atoms with Crippen molar-refractivity contribution in [2.24, 2.45) is 12.8 Å². The molecular formula is C9H10N6O. The SMILES string of the molecule is Cn1cc(-c2cnc(NC(N)=O)nc2)cn1. The van der Waals surface area contributed by atoms with Gasteiger partial charge in [-0.05, 0) is 0 Å². The minimum absolute atomic E-state index is 0.181. The van der Waals surface area contributed by atoms with Gasteiger partial charge in [0.1, 0.15) is 0 Å². The quantitative estimate of drug-likeness (QED) is 0.760. The number of anilines is 1. The molecule has 82 valence electrons. The minimum atomic E-state index is -0.686. The summed E-state index contributed by atoms with van der Waals surface area (Å²) in [5.74, 6) is 0.181. The van der Waals surface area contributed by atoms with Crippen LogP contribution < -0.4 is 11.1 Å². The van der Waals surface area contributed by atoms with Crippen molar-refractivity contribution in [3.8, 4) is 11.1 Å². The maximum Gasteiger partial charge on any atom is 0.319 e. The first kappa shape index (κ1) is 10.1. The van der Waals surface area contributed by atoms with Crippen LogP contribution in [0.5, 0.6) is 0 Å². The van der Waals surface area contributed by atoms with E-state index in [-0.39, 0.29) is 5.95 Å². The number of rotatable bonds is 2. The smallest absolute Gasteiger partial charge is 0.319 e. The Morgan fingerprint density at radius 2 is 2.00 bits per heavy atom. The number of carbonyl (C=O) groups is 1. The highest BCUT2D eigenvalue weighted by Crippen LogP contribution is 2.16. The van der Waals surface area contributed by atoms with E-state index in [0.29, 0.717) is 0 Å². The number of nitrogens with two attached hydrogens (primary N) is 1. The van der Waals surface area contributed by atoms with Crippen LogP contribution in [0.15, 0.2) is 24.8 Å². The Kier molecular flexibility index (Phi) is 2.50. The first-order chi connectivity index (χ1) is 7.65. The van der Waals surface area contributed by atoms with Gasteiger partial charge in [-0.3, -0.25) is 10.00 Å². The lowest BCUT2D eigenvalue weighted by Crippen LogP contribution is -2.20. The zero-order valence-electron chi connectivity index (χ0n) is 8.58. The van der Waals surface area contributed by atoms with E-state index >= 15 is 0 Å². The summed E-state index contributed by atoms with van der Waals surface area (Å²) in [5, 5.41) is 6.32. The zero-order valence-corrected chi connectivity index (χ0v) is 8.58. The van der Waals surface area contributed by atoms with Gasteiger partial charge in [0.25, 0.3) is 0 Å². The largest absolute Gasteiger partial charge is 0.351 e. The first-order valence-corrected chi connectivity index (χ1v) is 4.52. The molecule has 0 aliphatic heterocycles. The van der Waals surface area contributed by atoms with Crippen LogP contribution in [0.3, 0.4) is 0 Å².